The summed E-state index contributed by atoms with van der Waals surface area (Å²) in [5.74, 6) is -0.418. The quantitative estimate of drug-likeness (QED) is 0.539. The van der Waals surface area contributed by atoms with Crippen LogP contribution in [0.15, 0.2) is 53.6 Å². The monoisotopic (exact) mass is 332 g/mol. The minimum absolute atomic E-state index is 0.0963. The highest BCUT2D eigenvalue weighted by Gasteiger charge is 2.13. The summed E-state index contributed by atoms with van der Waals surface area (Å²) in [7, 11) is 0. The zero-order valence-electron chi connectivity index (χ0n) is 13.6. The summed E-state index contributed by atoms with van der Waals surface area (Å²) in [4.78, 5) is 35.5. The first-order chi connectivity index (χ1) is 12.1. The number of hydrogen-bond donors (Lipinski definition) is 3. The molecule has 4 aromatic rings. The standard InChI is InChI=1S/C19H16N4O2/c1-11-2-5-16-14(8-11)17(24)15(10-21-16)19(25)22-9-13-4-3-12-6-7-20-18(12)23-13/h2-8,10H,9H2,1H3,(H,20,23)(H,21,24)(H,22,25). The lowest BCUT2D eigenvalue weighted by molar-refractivity contribution is 0.0949. The number of aromatic nitrogens is 3. The van der Waals surface area contributed by atoms with Crippen LogP contribution in [-0.4, -0.2) is 20.9 Å². The highest BCUT2D eigenvalue weighted by molar-refractivity contribution is 5.97. The normalized spacial score (nSPS) is 11.1. The van der Waals surface area contributed by atoms with Crippen molar-refractivity contribution in [2.45, 2.75) is 13.5 Å². The van der Waals surface area contributed by atoms with E-state index in [-0.39, 0.29) is 17.5 Å². The third-order valence-electron chi connectivity index (χ3n) is 4.18. The van der Waals surface area contributed by atoms with Gasteiger partial charge in [0, 0.05) is 28.7 Å². The summed E-state index contributed by atoms with van der Waals surface area (Å²) in [5.41, 5.74) is 2.99. The Morgan fingerprint density at radius 1 is 1.16 bits per heavy atom. The van der Waals surface area contributed by atoms with Crippen LogP contribution in [0, 0.1) is 6.92 Å². The van der Waals surface area contributed by atoms with Crippen molar-refractivity contribution in [1.82, 2.24) is 20.3 Å². The first-order valence-corrected chi connectivity index (χ1v) is 7.95. The first kappa shape index (κ1) is 15.1. The van der Waals surface area contributed by atoms with Crippen LogP contribution in [0.3, 0.4) is 0 Å². The summed E-state index contributed by atoms with van der Waals surface area (Å²) < 4.78 is 0. The molecule has 0 atom stereocenters. The van der Waals surface area contributed by atoms with Crippen LogP contribution in [-0.2, 0) is 6.54 Å². The summed E-state index contributed by atoms with van der Waals surface area (Å²) in [6.45, 7) is 2.16. The molecule has 4 rings (SSSR count). The summed E-state index contributed by atoms with van der Waals surface area (Å²) >= 11 is 0. The number of aromatic amines is 2. The van der Waals surface area contributed by atoms with E-state index in [0.717, 1.165) is 22.3 Å². The zero-order valence-corrected chi connectivity index (χ0v) is 13.6. The van der Waals surface area contributed by atoms with E-state index < -0.39 is 5.91 Å². The van der Waals surface area contributed by atoms with Gasteiger partial charge in [-0.15, -0.1) is 0 Å². The Morgan fingerprint density at radius 2 is 2.04 bits per heavy atom. The van der Waals surface area contributed by atoms with Gasteiger partial charge in [0.25, 0.3) is 5.91 Å². The van der Waals surface area contributed by atoms with Crippen LogP contribution in [0.2, 0.25) is 0 Å². The summed E-state index contributed by atoms with van der Waals surface area (Å²) in [6, 6.07) is 11.3. The van der Waals surface area contributed by atoms with Gasteiger partial charge >= 0.3 is 0 Å². The molecule has 0 aliphatic heterocycles. The van der Waals surface area contributed by atoms with Gasteiger partial charge in [0.05, 0.1) is 12.2 Å². The number of amides is 1. The number of carbonyl (C=O) groups excluding carboxylic acids is 1. The number of nitrogens with zero attached hydrogens (tertiary/aromatic N) is 1. The molecule has 124 valence electrons. The van der Waals surface area contributed by atoms with E-state index >= 15 is 0 Å². The van der Waals surface area contributed by atoms with Crippen molar-refractivity contribution >= 4 is 27.8 Å². The maximum atomic E-state index is 12.6. The molecule has 0 radical (unpaired) electrons. The summed E-state index contributed by atoms with van der Waals surface area (Å²) in [6.07, 6.45) is 3.27. The summed E-state index contributed by atoms with van der Waals surface area (Å²) in [5, 5.41) is 4.28. The van der Waals surface area contributed by atoms with Crippen molar-refractivity contribution in [2.24, 2.45) is 0 Å². The molecule has 0 aliphatic carbocycles. The molecule has 3 aromatic heterocycles. The topological polar surface area (TPSA) is 90.6 Å². The SMILES string of the molecule is Cc1ccc2[nH]cc(C(=O)NCc3ccc4cc[nH]c4n3)c(=O)c2c1. The van der Waals surface area contributed by atoms with Gasteiger partial charge in [0.2, 0.25) is 5.43 Å². The third kappa shape index (κ3) is 2.78. The second-order valence-electron chi connectivity index (χ2n) is 5.98. The Bertz CT molecular complexity index is 1160. The lowest BCUT2D eigenvalue weighted by atomic mass is 10.1. The van der Waals surface area contributed by atoms with Crippen molar-refractivity contribution < 1.29 is 4.79 Å². The highest BCUT2D eigenvalue weighted by atomic mass is 16.2. The number of fused-ring (bicyclic) bond motifs is 2. The second-order valence-corrected chi connectivity index (χ2v) is 5.98. The highest BCUT2D eigenvalue weighted by Crippen LogP contribution is 2.12. The molecule has 1 amide bonds. The molecule has 0 fully saturated rings. The molecule has 0 bridgehead atoms. The molecule has 25 heavy (non-hydrogen) atoms. The first-order valence-electron chi connectivity index (χ1n) is 7.95. The predicted molar refractivity (Wildman–Crippen MR) is 96.6 cm³/mol. The number of carbonyl (C=O) groups is 1. The Hall–Kier alpha value is -3.41. The van der Waals surface area contributed by atoms with E-state index in [9.17, 15) is 9.59 Å². The number of H-pyrrole nitrogens is 2. The molecular weight excluding hydrogens is 316 g/mol. The average molecular weight is 332 g/mol. The van der Waals surface area contributed by atoms with Crippen LogP contribution in [0.5, 0.6) is 0 Å². The van der Waals surface area contributed by atoms with Crippen molar-refractivity contribution in [3.05, 3.63) is 75.8 Å². The van der Waals surface area contributed by atoms with Crippen molar-refractivity contribution in [2.75, 3.05) is 0 Å². The van der Waals surface area contributed by atoms with Crippen molar-refractivity contribution in [3.63, 3.8) is 0 Å². The molecule has 3 N–H and O–H groups in total. The Morgan fingerprint density at radius 3 is 2.92 bits per heavy atom. The van der Waals surface area contributed by atoms with E-state index in [2.05, 4.69) is 20.3 Å². The van der Waals surface area contributed by atoms with Gasteiger partial charge in [-0.2, -0.15) is 0 Å². The van der Waals surface area contributed by atoms with Crippen molar-refractivity contribution in [3.8, 4) is 0 Å². The van der Waals surface area contributed by atoms with Crippen molar-refractivity contribution in [1.29, 1.82) is 0 Å². The van der Waals surface area contributed by atoms with Gasteiger partial charge in [-0.25, -0.2) is 4.98 Å². The predicted octanol–water partition coefficient (Wildman–Crippen LogP) is 2.64. The number of aryl methyl sites for hydroxylation is 1. The molecule has 3 heterocycles. The number of rotatable bonds is 3. The molecule has 0 aliphatic rings. The van der Waals surface area contributed by atoms with E-state index in [4.69, 9.17) is 0 Å². The van der Waals surface area contributed by atoms with Gasteiger partial charge in [-0.1, -0.05) is 11.6 Å². The van der Waals surface area contributed by atoms with Gasteiger partial charge in [0.15, 0.2) is 0 Å². The molecule has 6 nitrogen and oxygen atoms in total. The van der Waals surface area contributed by atoms with Crippen LogP contribution < -0.4 is 10.7 Å². The van der Waals surface area contributed by atoms with E-state index in [1.54, 1.807) is 6.07 Å². The number of nitrogens with one attached hydrogen (secondary N) is 3. The fraction of sp³-hybridized carbons (Fsp3) is 0.105. The van der Waals surface area contributed by atoms with E-state index in [0.29, 0.717) is 10.9 Å². The third-order valence-corrected chi connectivity index (χ3v) is 4.18. The van der Waals surface area contributed by atoms with Crippen LogP contribution in [0.1, 0.15) is 21.6 Å². The molecule has 0 saturated heterocycles. The second kappa shape index (κ2) is 5.90. The zero-order chi connectivity index (χ0) is 17.4. The lowest BCUT2D eigenvalue weighted by Gasteiger charge is -2.06. The Balaban J connectivity index is 1.59. The largest absolute Gasteiger partial charge is 0.360 e. The van der Waals surface area contributed by atoms with Gasteiger partial charge in [-0.3, -0.25) is 9.59 Å². The van der Waals surface area contributed by atoms with Crippen LogP contribution in [0.25, 0.3) is 21.9 Å². The molecule has 1 aromatic carbocycles. The fourth-order valence-electron chi connectivity index (χ4n) is 2.84. The maximum absolute atomic E-state index is 12.6. The molecule has 0 spiro atoms. The van der Waals surface area contributed by atoms with Gasteiger partial charge in [-0.05, 0) is 37.3 Å². The average Bonchev–Trinajstić information content (AvgIpc) is 3.08. The van der Waals surface area contributed by atoms with Gasteiger partial charge < -0.3 is 15.3 Å². The molecule has 0 saturated carbocycles. The minimum Gasteiger partial charge on any atom is -0.360 e. The van der Waals surface area contributed by atoms with Crippen LogP contribution >= 0.6 is 0 Å². The number of benzene rings is 1. The Kier molecular flexibility index (Phi) is 3.57. The fourth-order valence-corrected chi connectivity index (χ4v) is 2.84. The Labute approximate surface area is 142 Å². The lowest BCUT2D eigenvalue weighted by Crippen LogP contribution is -2.28. The minimum atomic E-state index is -0.418. The molecule has 0 unspecified atom stereocenters. The van der Waals surface area contributed by atoms with E-state index in [1.807, 2.05) is 43.5 Å². The van der Waals surface area contributed by atoms with Crippen LogP contribution in [0.4, 0.5) is 0 Å². The van der Waals surface area contributed by atoms with E-state index in [1.165, 1.54) is 6.20 Å². The molecule has 6 heteroatoms. The molecular formula is C19H16N4O2. The number of hydrogen-bond acceptors (Lipinski definition) is 3. The number of pyridine rings is 2. The van der Waals surface area contributed by atoms with Gasteiger partial charge in [0.1, 0.15) is 11.2 Å². The smallest absolute Gasteiger partial charge is 0.257 e. The maximum Gasteiger partial charge on any atom is 0.257 e.